The Bertz CT molecular complexity index is 379. The van der Waals surface area contributed by atoms with Gasteiger partial charge in [-0.25, -0.2) is 4.79 Å². The van der Waals surface area contributed by atoms with Gasteiger partial charge in [-0.1, -0.05) is 12.1 Å². The largest absolute Gasteiger partial charge is 0.337 e. The molecule has 0 unspecified atom stereocenters. The molecule has 1 heterocycles. The third-order valence-corrected chi connectivity index (χ3v) is 3.23. The second-order valence-electron chi connectivity index (χ2n) is 3.84. The van der Waals surface area contributed by atoms with Crippen molar-refractivity contribution in [3.8, 4) is 0 Å². The molecule has 1 saturated heterocycles. The van der Waals surface area contributed by atoms with Gasteiger partial charge in [0.2, 0.25) is 0 Å². The van der Waals surface area contributed by atoms with Crippen LogP contribution in [0.15, 0.2) is 28.7 Å². The van der Waals surface area contributed by atoms with E-state index in [1.54, 1.807) is 0 Å². The molecular formula is C11H14BrN3O. The van der Waals surface area contributed by atoms with Gasteiger partial charge in [0, 0.05) is 30.0 Å². The third kappa shape index (κ3) is 2.96. The van der Waals surface area contributed by atoms with E-state index in [2.05, 4.69) is 31.9 Å². The summed E-state index contributed by atoms with van der Waals surface area (Å²) in [6, 6.07) is 7.39. The Morgan fingerprint density at radius 3 is 2.81 bits per heavy atom. The highest BCUT2D eigenvalue weighted by Crippen LogP contribution is 2.20. The molecule has 1 fully saturated rings. The molecule has 86 valence electrons. The normalized spacial score (nSPS) is 15.3. The van der Waals surface area contributed by atoms with Crippen LogP contribution < -0.4 is 16.0 Å². The van der Waals surface area contributed by atoms with Gasteiger partial charge in [-0.3, -0.25) is 0 Å². The van der Waals surface area contributed by atoms with Crippen molar-refractivity contribution >= 4 is 27.6 Å². The van der Waals surface area contributed by atoms with E-state index in [-0.39, 0.29) is 6.03 Å². The number of anilines is 1. The minimum Gasteiger partial charge on any atom is -0.337 e. The number of urea groups is 1. The molecule has 3 N–H and O–H groups in total. The zero-order valence-electron chi connectivity index (χ0n) is 8.79. The van der Waals surface area contributed by atoms with Crippen LogP contribution in [0.2, 0.25) is 0 Å². The summed E-state index contributed by atoms with van der Waals surface area (Å²) in [6.07, 6.45) is 0. The number of amides is 2. The molecule has 0 radical (unpaired) electrons. The van der Waals surface area contributed by atoms with E-state index in [1.807, 2.05) is 24.3 Å². The number of carbonyl (C=O) groups is 1. The van der Waals surface area contributed by atoms with Gasteiger partial charge >= 0.3 is 6.03 Å². The van der Waals surface area contributed by atoms with Crippen molar-refractivity contribution in [1.82, 2.24) is 10.6 Å². The second-order valence-corrected chi connectivity index (χ2v) is 4.69. The van der Waals surface area contributed by atoms with E-state index < -0.39 is 0 Å². The van der Waals surface area contributed by atoms with Crippen molar-refractivity contribution in [3.63, 3.8) is 0 Å². The lowest BCUT2D eigenvalue weighted by atomic mass is 10.0. The average molecular weight is 284 g/mol. The first-order valence-corrected chi connectivity index (χ1v) is 6.05. The highest BCUT2D eigenvalue weighted by Gasteiger charge is 2.17. The zero-order valence-corrected chi connectivity index (χ0v) is 10.4. The second kappa shape index (κ2) is 5.32. The maximum absolute atomic E-state index is 11.5. The maximum atomic E-state index is 11.5. The van der Waals surface area contributed by atoms with Crippen LogP contribution >= 0.6 is 15.9 Å². The number of rotatable bonds is 3. The molecular weight excluding hydrogens is 270 g/mol. The molecule has 0 aliphatic carbocycles. The van der Waals surface area contributed by atoms with Crippen molar-refractivity contribution in [2.24, 2.45) is 5.92 Å². The van der Waals surface area contributed by atoms with E-state index >= 15 is 0 Å². The van der Waals surface area contributed by atoms with Gasteiger partial charge in [-0.05, 0) is 28.1 Å². The summed E-state index contributed by atoms with van der Waals surface area (Å²) in [5.41, 5.74) is 0.784. The molecule has 4 nitrogen and oxygen atoms in total. The minimum atomic E-state index is -0.154. The van der Waals surface area contributed by atoms with E-state index in [0.717, 1.165) is 29.8 Å². The number of para-hydroxylation sites is 1. The molecule has 0 saturated carbocycles. The highest BCUT2D eigenvalue weighted by atomic mass is 79.9. The molecule has 2 amide bonds. The van der Waals surface area contributed by atoms with Gasteiger partial charge < -0.3 is 16.0 Å². The number of carbonyl (C=O) groups excluding carboxylic acids is 1. The van der Waals surface area contributed by atoms with Gasteiger partial charge in [-0.2, -0.15) is 0 Å². The summed E-state index contributed by atoms with van der Waals surface area (Å²) in [5, 5.41) is 8.81. The molecule has 1 aliphatic heterocycles. The fourth-order valence-electron chi connectivity index (χ4n) is 1.46. The molecule has 16 heavy (non-hydrogen) atoms. The Morgan fingerprint density at radius 2 is 2.19 bits per heavy atom. The van der Waals surface area contributed by atoms with Crippen LogP contribution in [0.1, 0.15) is 0 Å². The number of hydrogen-bond acceptors (Lipinski definition) is 2. The fourth-order valence-corrected chi connectivity index (χ4v) is 1.84. The van der Waals surface area contributed by atoms with E-state index in [1.165, 1.54) is 0 Å². The number of halogens is 1. The Kier molecular flexibility index (Phi) is 3.79. The number of nitrogens with one attached hydrogen (secondary N) is 3. The molecule has 2 rings (SSSR count). The standard InChI is InChI=1S/C11H14BrN3O/c12-9-3-1-2-4-10(9)15-11(16)14-7-8-5-13-6-8/h1-4,8,13H,5-7H2,(H2,14,15,16). The van der Waals surface area contributed by atoms with Crippen LogP contribution in [0.3, 0.4) is 0 Å². The summed E-state index contributed by atoms with van der Waals surface area (Å²) < 4.78 is 0.885. The zero-order chi connectivity index (χ0) is 11.4. The molecule has 0 spiro atoms. The molecule has 1 aliphatic rings. The first kappa shape index (κ1) is 11.4. The van der Waals surface area contributed by atoms with Crippen LogP contribution in [-0.2, 0) is 0 Å². The van der Waals surface area contributed by atoms with Crippen molar-refractivity contribution in [3.05, 3.63) is 28.7 Å². The van der Waals surface area contributed by atoms with Gasteiger partial charge in [-0.15, -0.1) is 0 Å². The lowest BCUT2D eigenvalue weighted by Crippen LogP contribution is -2.48. The molecule has 0 atom stereocenters. The van der Waals surface area contributed by atoms with Gasteiger partial charge in [0.15, 0.2) is 0 Å². The first-order chi connectivity index (χ1) is 7.75. The topological polar surface area (TPSA) is 53.2 Å². The summed E-state index contributed by atoms with van der Waals surface area (Å²) in [5.74, 6) is 0.574. The summed E-state index contributed by atoms with van der Waals surface area (Å²) in [6.45, 7) is 2.72. The van der Waals surface area contributed by atoms with Crippen molar-refractivity contribution < 1.29 is 4.79 Å². The Labute approximate surface area is 103 Å². The van der Waals surface area contributed by atoms with Crippen LogP contribution in [0.25, 0.3) is 0 Å². The molecule has 0 bridgehead atoms. The summed E-state index contributed by atoms with van der Waals surface area (Å²) in [4.78, 5) is 11.5. The molecule has 0 aromatic heterocycles. The Morgan fingerprint density at radius 1 is 1.44 bits per heavy atom. The van der Waals surface area contributed by atoms with Crippen LogP contribution in [0.4, 0.5) is 10.5 Å². The number of hydrogen-bond donors (Lipinski definition) is 3. The van der Waals surface area contributed by atoms with Crippen LogP contribution in [0.5, 0.6) is 0 Å². The summed E-state index contributed by atoms with van der Waals surface area (Å²) in [7, 11) is 0. The van der Waals surface area contributed by atoms with E-state index in [4.69, 9.17) is 0 Å². The maximum Gasteiger partial charge on any atom is 0.319 e. The van der Waals surface area contributed by atoms with Gasteiger partial charge in [0.05, 0.1) is 5.69 Å². The van der Waals surface area contributed by atoms with Gasteiger partial charge in [0.1, 0.15) is 0 Å². The van der Waals surface area contributed by atoms with Crippen molar-refractivity contribution in [1.29, 1.82) is 0 Å². The lowest BCUT2D eigenvalue weighted by molar-refractivity contribution is 0.246. The summed E-state index contributed by atoms with van der Waals surface area (Å²) >= 11 is 3.38. The number of benzene rings is 1. The van der Waals surface area contributed by atoms with E-state index in [9.17, 15) is 4.79 Å². The predicted octanol–water partition coefficient (Wildman–Crippen LogP) is 1.79. The quantitative estimate of drug-likeness (QED) is 0.792. The Hall–Kier alpha value is -1.07. The van der Waals surface area contributed by atoms with Gasteiger partial charge in [0.25, 0.3) is 0 Å². The van der Waals surface area contributed by atoms with Crippen molar-refractivity contribution in [2.75, 3.05) is 25.0 Å². The highest BCUT2D eigenvalue weighted by molar-refractivity contribution is 9.10. The molecule has 1 aromatic rings. The molecule has 1 aromatic carbocycles. The van der Waals surface area contributed by atoms with Crippen LogP contribution in [0, 0.1) is 5.92 Å². The van der Waals surface area contributed by atoms with Crippen molar-refractivity contribution in [2.45, 2.75) is 0 Å². The fraction of sp³-hybridized carbons (Fsp3) is 0.364. The molecule has 5 heteroatoms. The smallest absolute Gasteiger partial charge is 0.319 e. The van der Waals surface area contributed by atoms with E-state index in [0.29, 0.717) is 5.92 Å². The predicted molar refractivity (Wildman–Crippen MR) is 67.5 cm³/mol. The monoisotopic (exact) mass is 283 g/mol. The lowest BCUT2D eigenvalue weighted by Gasteiger charge is -2.27. The SMILES string of the molecule is O=C(NCC1CNC1)Nc1ccccc1Br. The van der Waals surface area contributed by atoms with Crippen LogP contribution in [-0.4, -0.2) is 25.7 Å². The first-order valence-electron chi connectivity index (χ1n) is 5.26. The minimum absolute atomic E-state index is 0.154. The average Bonchev–Trinajstić information content (AvgIpc) is 2.19. The third-order valence-electron chi connectivity index (χ3n) is 2.54. The Balaban J connectivity index is 1.80.